The van der Waals surface area contributed by atoms with E-state index in [1.807, 2.05) is 31.2 Å². The van der Waals surface area contributed by atoms with Gasteiger partial charge in [-0.3, -0.25) is 4.79 Å². The van der Waals surface area contributed by atoms with Crippen molar-refractivity contribution in [3.05, 3.63) is 59.7 Å². The van der Waals surface area contributed by atoms with Crippen molar-refractivity contribution in [2.45, 2.75) is 70.4 Å². The van der Waals surface area contributed by atoms with E-state index in [1.54, 1.807) is 31.4 Å². The molecule has 1 spiro atoms. The Morgan fingerprint density at radius 1 is 0.953 bits per heavy atom. The molecule has 2 bridgehead atoms. The fraction of sp³-hybridized carbons (Fsp3) is 0.559. The van der Waals surface area contributed by atoms with E-state index in [-0.39, 0.29) is 17.6 Å². The summed E-state index contributed by atoms with van der Waals surface area (Å²) in [6, 6.07) is 12.7. The van der Waals surface area contributed by atoms with Gasteiger partial charge in [0.2, 0.25) is 5.79 Å². The maximum absolute atomic E-state index is 12.7. The van der Waals surface area contributed by atoms with E-state index < -0.39 is 24.0 Å². The van der Waals surface area contributed by atoms with E-state index in [1.165, 1.54) is 13.2 Å². The van der Waals surface area contributed by atoms with Crippen molar-refractivity contribution in [1.82, 2.24) is 0 Å². The molecule has 232 valence electrons. The Bertz CT molecular complexity index is 1330. The largest absolute Gasteiger partial charge is 0.497 e. The number of allylic oxidation sites excluding steroid dienone is 1. The summed E-state index contributed by atoms with van der Waals surface area (Å²) in [7, 11) is 3.10. The Labute approximate surface area is 253 Å². The Morgan fingerprint density at radius 3 is 2.51 bits per heavy atom. The molecule has 0 unspecified atom stereocenters. The zero-order chi connectivity index (χ0) is 30.2. The molecule has 5 aliphatic rings. The van der Waals surface area contributed by atoms with Crippen molar-refractivity contribution in [3.63, 3.8) is 0 Å². The highest BCUT2D eigenvalue weighted by Gasteiger charge is 2.69. The summed E-state index contributed by atoms with van der Waals surface area (Å²) in [5.74, 6) is 2.04. The van der Waals surface area contributed by atoms with Gasteiger partial charge in [-0.15, -0.1) is 0 Å². The molecule has 5 fully saturated rings. The van der Waals surface area contributed by atoms with E-state index >= 15 is 0 Å². The molecule has 9 nitrogen and oxygen atoms in total. The summed E-state index contributed by atoms with van der Waals surface area (Å²) in [5, 5.41) is 0. The molecule has 0 N–H and O–H groups in total. The van der Waals surface area contributed by atoms with Crippen molar-refractivity contribution in [1.29, 1.82) is 0 Å². The number of methoxy groups -OCH3 is 2. The van der Waals surface area contributed by atoms with Crippen LogP contribution in [0.2, 0.25) is 0 Å². The van der Waals surface area contributed by atoms with Crippen molar-refractivity contribution < 1.29 is 43.0 Å². The van der Waals surface area contributed by atoms with E-state index in [9.17, 15) is 4.79 Å². The Balaban J connectivity index is 1.02. The second-order valence-corrected chi connectivity index (χ2v) is 12.3. The van der Waals surface area contributed by atoms with Gasteiger partial charge in [-0.1, -0.05) is 32.1 Å². The molecule has 4 heterocycles. The van der Waals surface area contributed by atoms with Gasteiger partial charge in [-0.05, 0) is 73.9 Å². The molecule has 1 saturated carbocycles. The highest BCUT2D eigenvalue weighted by atomic mass is 17.3. The third-order valence-electron chi connectivity index (χ3n) is 9.71. The van der Waals surface area contributed by atoms with Gasteiger partial charge in [-0.2, -0.15) is 0 Å². The molecule has 0 amide bonds. The lowest BCUT2D eigenvalue weighted by Gasteiger charge is -2.60. The number of fused-ring (bicyclic) bond motifs is 2. The SMILES string of the molecule is COc1ccc(C(=O)/C=C/c2ccc(OCCO[C@H]3O[C@@H]4O[C@@]5(C)CC[C@H]6[C@H](C)CC[C@@H]([C@H]3C)[C@@]46OO5)cc2)c(OC)c1. The lowest BCUT2D eigenvalue weighted by atomic mass is 9.58. The molecular weight excluding hydrogens is 552 g/mol. The van der Waals surface area contributed by atoms with Gasteiger partial charge < -0.3 is 28.4 Å². The summed E-state index contributed by atoms with van der Waals surface area (Å²) < 4.78 is 35.6. The smallest absolute Gasteiger partial charge is 0.201 e. The fourth-order valence-corrected chi connectivity index (χ4v) is 7.33. The molecule has 9 heteroatoms. The van der Waals surface area contributed by atoms with Crippen LogP contribution < -0.4 is 14.2 Å². The van der Waals surface area contributed by atoms with Gasteiger partial charge >= 0.3 is 0 Å². The molecular formula is C34H42O9. The first-order valence-electron chi connectivity index (χ1n) is 15.3. The van der Waals surface area contributed by atoms with Crippen molar-refractivity contribution in [2.75, 3.05) is 27.4 Å². The van der Waals surface area contributed by atoms with E-state index in [0.29, 0.717) is 47.9 Å². The molecule has 0 radical (unpaired) electrons. The maximum atomic E-state index is 12.7. The van der Waals surface area contributed by atoms with Gasteiger partial charge in [-0.25, -0.2) is 9.78 Å². The first kappa shape index (κ1) is 30.1. The standard InChI is InChI=1S/C34H42O9/c1-21-6-14-28-22(2)31(40-32-34(28)27(21)16-17-33(3,41-32)42-43-34)39-19-18-38-24-10-7-23(8-11-24)9-15-29(35)26-13-12-25(36-4)20-30(26)37-5/h7-13,15,20-22,27-28,31-32H,6,14,16-19H2,1-5H3/b15-9+/t21-,22-,27+,28+,31+,32-,33-,34-/m1/s1. The van der Waals surface area contributed by atoms with Gasteiger partial charge in [0.15, 0.2) is 24.0 Å². The maximum Gasteiger partial charge on any atom is 0.201 e. The number of ketones is 1. The Kier molecular flexibility index (Phi) is 8.54. The van der Waals surface area contributed by atoms with Crippen molar-refractivity contribution in [2.24, 2.45) is 23.7 Å². The van der Waals surface area contributed by atoms with Crippen LogP contribution in [-0.2, 0) is 24.0 Å². The Morgan fingerprint density at radius 2 is 1.74 bits per heavy atom. The molecule has 4 aliphatic heterocycles. The number of benzene rings is 2. The highest BCUT2D eigenvalue weighted by Crippen LogP contribution is 2.60. The Hall–Kier alpha value is -2.95. The molecule has 43 heavy (non-hydrogen) atoms. The number of rotatable bonds is 10. The number of hydrogen-bond acceptors (Lipinski definition) is 9. The second-order valence-electron chi connectivity index (χ2n) is 12.3. The first-order chi connectivity index (χ1) is 20.8. The van der Waals surface area contributed by atoms with Gasteiger partial charge in [0, 0.05) is 24.3 Å². The first-order valence-corrected chi connectivity index (χ1v) is 15.3. The highest BCUT2D eigenvalue weighted by molar-refractivity contribution is 6.08. The summed E-state index contributed by atoms with van der Waals surface area (Å²) in [6.07, 6.45) is 6.32. The molecule has 2 aromatic rings. The third kappa shape index (κ3) is 5.69. The lowest BCUT2D eigenvalue weighted by Crippen LogP contribution is -2.70. The minimum absolute atomic E-state index is 0.118. The minimum Gasteiger partial charge on any atom is -0.497 e. The average molecular weight is 595 g/mol. The number of carbonyl (C=O) groups excluding carboxylic acids is 1. The van der Waals surface area contributed by atoms with Crippen LogP contribution in [0, 0.1) is 23.7 Å². The second kappa shape index (κ2) is 12.2. The third-order valence-corrected chi connectivity index (χ3v) is 9.71. The molecule has 2 aromatic carbocycles. The summed E-state index contributed by atoms with van der Waals surface area (Å²) >= 11 is 0. The van der Waals surface area contributed by atoms with E-state index in [0.717, 1.165) is 31.2 Å². The van der Waals surface area contributed by atoms with Crippen LogP contribution in [0.25, 0.3) is 6.08 Å². The van der Waals surface area contributed by atoms with Crippen LogP contribution in [0.15, 0.2) is 48.5 Å². The quantitative estimate of drug-likeness (QED) is 0.138. The van der Waals surface area contributed by atoms with Gasteiger partial charge in [0.1, 0.15) is 23.9 Å². The number of carbonyl (C=O) groups is 1. The lowest BCUT2D eigenvalue weighted by molar-refractivity contribution is -0.577. The van der Waals surface area contributed by atoms with Crippen LogP contribution in [0.1, 0.15) is 62.4 Å². The normalized spacial score (nSPS) is 34.8. The summed E-state index contributed by atoms with van der Waals surface area (Å²) in [6.45, 7) is 7.16. The van der Waals surface area contributed by atoms with Crippen LogP contribution >= 0.6 is 0 Å². The average Bonchev–Trinajstić information content (AvgIpc) is 3.26. The van der Waals surface area contributed by atoms with E-state index in [2.05, 4.69) is 13.8 Å². The minimum atomic E-state index is -0.803. The summed E-state index contributed by atoms with van der Waals surface area (Å²) in [5.41, 5.74) is 0.753. The monoisotopic (exact) mass is 594 g/mol. The molecule has 1 aliphatic carbocycles. The van der Waals surface area contributed by atoms with E-state index in [4.69, 9.17) is 38.2 Å². The topological polar surface area (TPSA) is 90.9 Å². The summed E-state index contributed by atoms with van der Waals surface area (Å²) in [4.78, 5) is 24.8. The van der Waals surface area contributed by atoms with Crippen molar-refractivity contribution in [3.8, 4) is 17.2 Å². The zero-order valence-corrected chi connectivity index (χ0v) is 25.6. The number of ether oxygens (including phenoxy) is 6. The van der Waals surface area contributed by atoms with Gasteiger partial charge in [0.25, 0.3) is 0 Å². The van der Waals surface area contributed by atoms with Crippen molar-refractivity contribution >= 4 is 11.9 Å². The predicted octanol–water partition coefficient (Wildman–Crippen LogP) is 6.20. The molecule has 0 aromatic heterocycles. The van der Waals surface area contributed by atoms with Crippen LogP contribution in [0.3, 0.4) is 0 Å². The number of hydrogen-bond donors (Lipinski definition) is 0. The molecule has 7 rings (SSSR count). The fourth-order valence-electron chi connectivity index (χ4n) is 7.33. The zero-order valence-electron chi connectivity index (χ0n) is 25.6. The predicted molar refractivity (Wildman–Crippen MR) is 158 cm³/mol. The van der Waals surface area contributed by atoms with Crippen LogP contribution in [0.4, 0.5) is 0 Å². The molecule has 4 saturated heterocycles. The molecule has 8 atom stereocenters. The van der Waals surface area contributed by atoms with Crippen LogP contribution in [-0.4, -0.2) is 57.2 Å². The van der Waals surface area contributed by atoms with Gasteiger partial charge in [0.05, 0.1) is 26.4 Å². The van der Waals surface area contributed by atoms with Crippen LogP contribution in [0.5, 0.6) is 17.2 Å².